The molecular weight excluding hydrogens is 475 g/mol. The zero-order valence-electron chi connectivity index (χ0n) is 19.5. The van der Waals surface area contributed by atoms with Crippen LogP contribution in [-0.4, -0.2) is 43.2 Å². The number of fused-ring (bicyclic) bond motifs is 2. The summed E-state index contributed by atoms with van der Waals surface area (Å²) in [4.78, 5) is 8.78. The summed E-state index contributed by atoms with van der Waals surface area (Å²) < 4.78 is 10.9. The minimum Gasteiger partial charge on any atom is -0.493 e. The van der Waals surface area contributed by atoms with E-state index in [9.17, 15) is 0 Å². The van der Waals surface area contributed by atoms with Gasteiger partial charge >= 0.3 is 0 Å². The molecule has 0 saturated carbocycles. The summed E-state index contributed by atoms with van der Waals surface area (Å²) in [7, 11) is 5.66. The van der Waals surface area contributed by atoms with Crippen molar-refractivity contribution in [1.29, 1.82) is 0 Å². The van der Waals surface area contributed by atoms with Crippen LogP contribution in [0.2, 0.25) is 0 Å². The number of methoxy groups -OCH3 is 2. The number of ether oxygens (including phenoxy) is 2. The molecule has 0 radical (unpaired) electrons. The molecule has 3 heterocycles. The van der Waals surface area contributed by atoms with Crippen molar-refractivity contribution >= 4 is 36.2 Å². The lowest BCUT2D eigenvalue weighted by molar-refractivity contribution is 0.137. The second kappa shape index (κ2) is 10.6. The highest BCUT2D eigenvalue weighted by molar-refractivity contribution is 7.15. The minimum atomic E-state index is 0. The predicted molar refractivity (Wildman–Crippen MR) is 141 cm³/mol. The molecule has 4 nitrogen and oxygen atoms in total. The maximum atomic E-state index is 5.51. The second-order valence-corrected chi connectivity index (χ2v) is 9.94. The predicted octanol–water partition coefficient (Wildman–Crippen LogP) is 6.71. The molecule has 4 atom stereocenters. The molecule has 0 N–H and O–H groups in total. The van der Waals surface area contributed by atoms with E-state index in [2.05, 4.69) is 49.2 Å². The second-order valence-electron chi connectivity index (χ2n) is 8.88. The van der Waals surface area contributed by atoms with Crippen LogP contribution < -0.4 is 9.47 Å². The zero-order chi connectivity index (χ0) is 21.5. The van der Waals surface area contributed by atoms with Gasteiger partial charge in [0.05, 0.1) is 24.1 Å². The zero-order valence-corrected chi connectivity index (χ0v) is 21.9. The highest BCUT2D eigenvalue weighted by Gasteiger charge is 2.47. The van der Waals surface area contributed by atoms with Crippen molar-refractivity contribution in [1.82, 2.24) is 9.88 Å². The number of rotatable bonds is 5. The fraction of sp³-hybridized carbons (Fsp3) is 0.423. The molecule has 0 amide bonds. The Bertz CT molecular complexity index is 1070. The van der Waals surface area contributed by atoms with E-state index >= 15 is 0 Å². The van der Waals surface area contributed by atoms with Gasteiger partial charge in [-0.25, -0.2) is 4.98 Å². The number of halogens is 2. The average Bonchev–Trinajstić information content (AvgIpc) is 3.36. The molecular formula is C26H32Cl2N2O2S. The van der Waals surface area contributed by atoms with E-state index in [0.717, 1.165) is 17.1 Å². The molecule has 0 unspecified atom stereocenters. The highest BCUT2D eigenvalue weighted by atomic mass is 35.5. The van der Waals surface area contributed by atoms with Crippen LogP contribution in [-0.2, 0) is 0 Å². The van der Waals surface area contributed by atoms with Crippen molar-refractivity contribution in [3.05, 3.63) is 64.8 Å². The normalized spacial score (nSPS) is 24.0. The van der Waals surface area contributed by atoms with E-state index in [4.69, 9.17) is 14.5 Å². The number of aryl methyl sites for hydroxylation is 1. The molecule has 5 rings (SSSR count). The van der Waals surface area contributed by atoms with Gasteiger partial charge in [-0.3, -0.25) is 4.90 Å². The molecule has 33 heavy (non-hydrogen) atoms. The lowest BCUT2D eigenvalue weighted by Crippen LogP contribution is -2.44. The topological polar surface area (TPSA) is 34.6 Å². The molecule has 2 saturated heterocycles. The van der Waals surface area contributed by atoms with E-state index in [-0.39, 0.29) is 24.8 Å². The van der Waals surface area contributed by atoms with Crippen LogP contribution in [0.1, 0.15) is 47.2 Å². The Morgan fingerprint density at radius 2 is 1.70 bits per heavy atom. The fourth-order valence-corrected chi connectivity index (χ4v) is 6.66. The third-order valence-electron chi connectivity index (χ3n) is 7.25. The van der Waals surface area contributed by atoms with Crippen LogP contribution in [0.5, 0.6) is 11.5 Å². The number of hydrogen-bond donors (Lipinski definition) is 0. The summed E-state index contributed by atoms with van der Waals surface area (Å²) >= 11 is 1.83. The summed E-state index contributed by atoms with van der Waals surface area (Å²) in [5.74, 6) is 2.47. The number of likely N-dealkylation sites (N-methyl/N-ethyl adjacent to an activating group) is 1. The lowest BCUT2D eigenvalue weighted by atomic mass is 9.76. The molecule has 7 heteroatoms. The van der Waals surface area contributed by atoms with Gasteiger partial charge in [-0.1, -0.05) is 29.8 Å². The number of hydrogen-bond acceptors (Lipinski definition) is 5. The van der Waals surface area contributed by atoms with Gasteiger partial charge < -0.3 is 9.47 Å². The van der Waals surface area contributed by atoms with Crippen LogP contribution in [0.3, 0.4) is 0 Å². The quantitative estimate of drug-likeness (QED) is 0.384. The van der Waals surface area contributed by atoms with Crippen molar-refractivity contribution in [3.63, 3.8) is 0 Å². The van der Waals surface area contributed by atoms with Gasteiger partial charge in [0.15, 0.2) is 11.5 Å². The number of aromatic nitrogens is 1. The van der Waals surface area contributed by atoms with Gasteiger partial charge in [0.1, 0.15) is 0 Å². The van der Waals surface area contributed by atoms with E-state index in [1.807, 2.05) is 29.7 Å². The first kappa shape index (κ1) is 25.8. The van der Waals surface area contributed by atoms with Crippen molar-refractivity contribution in [2.24, 2.45) is 0 Å². The minimum absolute atomic E-state index is 0. The van der Waals surface area contributed by atoms with Crippen LogP contribution in [0.4, 0.5) is 0 Å². The molecule has 2 aliphatic heterocycles. The maximum absolute atomic E-state index is 5.51. The molecule has 178 valence electrons. The van der Waals surface area contributed by atoms with E-state index in [1.54, 1.807) is 14.2 Å². The van der Waals surface area contributed by atoms with Gasteiger partial charge in [-0.15, -0.1) is 36.2 Å². The smallest absolute Gasteiger partial charge is 0.161 e. The van der Waals surface area contributed by atoms with Crippen LogP contribution in [0, 0.1) is 6.92 Å². The van der Waals surface area contributed by atoms with E-state index < -0.39 is 0 Å². The first-order valence-electron chi connectivity index (χ1n) is 11.1. The van der Waals surface area contributed by atoms with Crippen molar-refractivity contribution in [3.8, 4) is 21.9 Å². The van der Waals surface area contributed by atoms with E-state index in [1.165, 1.54) is 40.3 Å². The van der Waals surface area contributed by atoms with Gasteiger partial charge in [0.2, 0.25) is 0 Å². The monoisotopic (exact) mass is 506 g/mol. The molecule has 2 aromatic carbocycles. The third kappa shape index (κ3) is 4.74. The summed E-state index contributed by atoms with van der Waals surface area (Å²) in [6.07, 6.45) is 5.81. The highest BCUT2D eigenvalue weighted by Crippen LogP contribution is 2.52. The van der Waals surface area contributed by atoms with Gasteiger partial charge in [0.25, 0.3) is 0 Å². The maximum Gasteiger partial charge on any atom is 0.161 e. The fourth-order valence-electron chi connectivity index (χ4n) is 5.52. The molecule has 2 bridgehead atoms. The third-order valence-corrected chi connectivity index (χ3v) is 8.40. The molecule has 0 aliphatic carbocycles. The Morgan fingerprint density at radius 1 is 0.970 bits per heavy atom. The summed E-state index contributed by atoms with van der Waals surface area (Å²) in [5.41, 5.74) is 3.91. The van der Waals surface area contributed by atoms with Crippen molar-refractivity contribution in [2.75, 3.05) is 21.3 Å². The number of piperidine rings is 1. The van der Waals surface area contributed by atoms with Gasteiger partial charge in [-0.2, -0.15) is 0 Å². The standard InChI is InChI=1S/C26H30N2O2S.2ClH/c1-16-5-7-17(8-6-16)20-14-19-10-11-21(28(19)2)25(20)26-27-15-24(31-26)18-9-12-22(29-3)23(13-18)30-4;;/h5-9,12-13,15,19-21,25H,10-11,14H2,1-4H3;2*1H/t19-,20+,21+,25-;;/m0../s1. The van der Waals surface area contributed by atoms with Crippen LogP contribution in [0.25, 0.3) is 10.4 Å². The van der Waals surface area contributed by atoms with Crippen LogP contribution in [0.15, 0.2) is 48.7 Å². The summed E-state index contributed by atoms with van der Waals surface area (Å²) in [6.45, 7) is 2.16. The lowest BCUT2D eigenvalue weighted by Gasteiger charge is -2.42. The van der Waals surface area contributed by atoms with Gasteiger partial charge in [-0.05, 0) is 68.5 Å². The first-order chi connectivity index (χ1) is 15.1. The molecule has 0 spiro atoms. The Balaban J connectivity index is 0.00000153. The molecule has 3 aromatic rings. The van der Waals surface area contributed by atoms with E-state index in [0.29, 0.717) is 23.9 Å². The summed E-state index contributed by atoms with van der Waals surface area (Å²) in [5, 5.41) is 1.26. The van der Waals surface area contributed by atoms with Gasteiger partial charge in [0, 0.05) is 24.2 Å². The molecule has 2 fully saturated rings. The Hall–Kier alpha value is -1.79. The average molecular weight is 508 g/mol. The SMILES string of the molecule is COc1ccc(-c2cnc([C@H]3[C@@H](c4ccc(C)cc4)C[C@@H]4CC[C@H]3N4C)s2)cc1OC.Cl.Cl. The largest absolute Gasteiger partial charge is 0.493 e. The van der Waals surface area contributed by atoms with Crippen LogP contribution >= 0.6 is 36.2 Å². The summed E-state index contributed by atoms with van der Waals surface area (Å²) in [6, 6.07) is 16.5. The first-order valence-corrected chi connectivity index (χ1v) is 11.9. The Morgan fingerprint density at radius 3 is 2.39 bits per heavy atom. The molecule has 1 aromatic heterocycles. The number of thiazole rings is 1. The van der Waals surface area contributed by atoms with Crippen molar-refractivity contribution in [2.45, 2.75) is 50.1 Å². The Kier molecular flexibility index (Phi) is 8.33. The van der Waals surface area contributed by atoms with Crippen molar-refractivity contribution < 1.29 is 9.47 Å². The Labute approximate surface area is 213 Å². The number of benzene rings is 2. The number of nitrogens with zero attached hydrogens (tertiary/aromatic N) is 2. The molecule has 2 aliphatic rings.